The number of rotatable bonds is 7. The minimum absolute atomic E-state index is 0.107. The second-order valence-electron chi connectivity index (χ2n) is 7.90. The number of carbonyl (C=O) groups is 1. The van der Waals surface area contributed by atoms with Gasteiger partial charge in [-0.05, 0) is 26.2 Å². The molecule has 3 aromatic rings. The highest BCUT2D eigenvalue weighted by Crippen LogP contribution is 2.27. The van der Waals surface area contributed by atoms with Crippen LogP contribution in [0.4, 0.5) is 5.82 Å². The topological polar surface area (TPSA) is 59.6 Å². The second-order valence-corrected chi connectivity index (χ2v) is 7.90. The molecule has 3 heterocycles. The van der Waals surface area contributed by atoms with Crippen LogP contribution < -0.4 is 10.5 Å². The van der Waals surface area contributed by atoms with Crippen LogP contribution in [0.2, 0.25) is 0 Å². The van der Waals surface area contributed by atoms with Crippen molar-refractivity contribution in [2.24, 2.45) is 0 Å². The van der Waals surface area contributed by atoms with Crippen molar-refractivity contribution < 1.29 is 4.79 Å². The fourth-order valence-electron chi connectivity index (χ4n) is 4.14. The fraction of sp³-hybridized carbons (Fsp3) is 0.435. The van der Waals surface area contributed by atoms with Gasteiger partial charge in [0.05, 0.1) is 11.7 Å². The first-order chi connectivity index (χ1) is 14.1. The fourth-order valence-corrected chi connectivity index (χ4v) is 4.14. The van der Waals surface area contributed by atoms with Crippen LogP contribution in [-0.4, -0.2) is 32.8 Å². The molecule has 0 radical (unpaired) electrons. The summed E-state index contributed by atoms with van der Waals surface area (Å²) in [4.78, 5) is 31.4. The van der Waals surface area contributed by atoms with Crippen molar-refractivity contribution in [3.63, 3.8) is 0 Å². The lowest BCUT2D eigenvalue weighted by atomic mass is 10.1. The first kappa shape index (κ1) is 19.4. The van der Waals surface area contributed by atoms with Gasteiger partial charge in [-0.2, -0.15) is 0 Å². The molecule has 4 rings (SSSR count). The molecule has 0 spiro atoms. The third-order valence-electron chi connectivity index (χ3n) is 5.78. The Balaban J connectivity index is 1.86. The molecule has 0 aliphatic carbocycles. The molecule has 0 saturated carbocycles. The SMILES string of the molecule is CCCCCn1c(N2CCCC2C=O)cc(=O)n2cc(-c3ccc(C)cc3)nc12. The Kier molecular flexibility index (Phi) is 5.51. The van der Waals surface area contributed by atoms with E-state index >= 15 is 0 Å². The van der Waals surface area contributed by atoms with E-state index in [2.05, 4.69) is 35.4 Å². The number of unbranched alkanes of at least 4 members (excludes halogenated alkanes) is 2. The van der Waals surface area contributed by atoms with E-state index in [0.29, 0.717) is 5.78 Å². The first-order valence-electron chi connectivity index (χ1n) is 10.5. The van der Waals surface area contributed by atoms with Crippen molar-refractivity contribution in [1.82, 2.24) is 14.0 Å². The standard InChI is InChI=1S/C23H28N4O2/c1-3-4-5-12-26-21(25-13-6-7-19(25)16-28)14-22(29)27-15-20(24-23(26)27)18-10-8-17(2)9-11-18/h8-11,14-16,19H,3-7,12-13H2,1-2H3. The summed E-state index contributed by atoms with van der Waals surface area (Å²) < 4.78 is 3.76. The summed E-state index contributed by atoms with van der Waals surface area (Å²) in [5.41, 5.74) is 2.86. The Morgan fingerprint density at radius 3 is 2.72 bits per heavy atom. The molecule has 29 heavy (non-hydrogen) atoms. The second kappa shape index (κ2) is 8.23. The molecule has 1 atom stereocenters. The maximum Gasteiger partial charge on any atom is 0.261 e. The number of imidazole rings is 1. The number of fused-ring (bicyclic) bond motifs is 1. The first-order valence-corrected chi connectivity index (χ1v) is 10.5. The van der Waals surface area contributed by atoms with E-state index in [4.69, 9.17) is 4.98 Å². The third-order valence-corrected chi connectivity index (χ3v) is 5.78. The van der Waals surface area contributed by atoms with Crippen molar-refractivity contribution in [3.05, 3.63) is 52.4 Å². The van der Waals surface area contributed by atoms with E-state index in [1.165, 1.54) is 5.56 Å². The average Bonchev–Trinajstić information content (AvgIpc) is 3.37. The van der Waals surface area contributed by atoms with Gasteiger partial charge in [0.1, 0.15) is 12.1 Å². The molecule has 6 heteroatoms. The Labute approximate surface area is 170 Å². The van der Waals surface area contributed by atoms with Crippen molar-refractivity contribution in [3.8, 4) is 11.3 Å². The number of benzene rings is 1. The molecule has 152 valence electrons. The Bertz CT molecular complexity index is 1060. The lowest BCUT2D eigenvalue weighted by molar-refractivity contribution is -0.108. The molecule has 0 amide bonds. The Morgan fingerprint density at radius 2 is 2.00 bits per heavy atom. The molecular formula is C23H28N4O2. The number of nitrogens with zero attached hydrogens (tertiary/aromatic N) is 4. The van der Waals surface area contributed by atoms with Gasteiger partial charge in [-0.3, -0.25) is 13.8 Å². The highest BCUT2D eigenvalue weighted by molar-refractivity contribution is 5.68. The van der Waals surface area contributed by atoms with Crippen LogP contribution in [0, 0.1) is 6.92 Å². The molecule has 1 saturated heterocycles. The molecule has 6 nitrogen and oxygen atoms in total. The average molecular weight is 393 g/mol. The van der Waals surface area contributed by atoms with Gasteiger partial charge in [-0.1, -0.05) is 49.6 Å². The van der Waals surface area contributed by atoms with Gasteiger partial charge in [0, 0.05) is 30.9 Å². The van der Waals surface area contributed by atoms with Crippen LogP contribution in [0.15, 0.2) is 41.3 Å². The van der Waals surface area contributed by atoms with Crippen molar-refractivity contribution in [2.75, 3.05) is 11.4 Å². The number of hydrogen-bond acceptors (Lipinski definition) is 4. The minimum Gasteiger partial charge on any atom is -0.348 e. The van der Waals surface area contributed by atoms with Gasteiger partial charge in [-0.15, -0.1) is 0 Å². The van der Waals surface area contributed by atoms with Crippen molar-refractivity contribution in [1.29, 1.82) is 0 Å². The zero-order valence-electron chi connectivity index (χ0n) is 17.2. The van der Waals surface area contributed by atoms with Gasteiger partial charge < -0.3 is 9.69 Å². The number of aryl methyl sites for hydroxylation is 2. The van der Waals surface area contributed by atoms with Gasteiger partial charge >= 0.3 is 0 Å². The maximum absolute atomic E-state index is 12.9. The van der Waals surface area contributed by atoms with Gasteiger partial charge in [0.2, 0.25) is 5.78 Å². The zero-order chi connectivity index (χ0) is 20.4. The minimum atomic E-state index is -0.166. The molecule has 1 fully saturated rings. The van der Waals surface area contributed by atoms with Crippen LogP contribution in [0.5, 0.6) is 0 Å². The maximum atomic E-state index is 12.9. The molecule has 1 unspecified atom stereocenters. The van der Waals surface area contributed by atoms with E-state index in [1.807, 2.05) is 18.3 Å². The molecular weight excluding hydrogens is 364 g/mol. The van der Waals surface area contributed by atoms with E-state index < -0.39 is 0 Å². The van der Waals surface area contributed by atoms with Crippen molar-refractivity contribution >= 4 is 17.9 Å². The molecule has 2 aromatic heterocycles. The summed E-state index contributed by atoms with van der Waals surface area (Å²) in [5.74, 6) is 1.46. The van der Waals surface area contributed by atoms with E-state index in [1.54, 1.807) is 10.5 Å². The Morgan fingerprint density at radius 1 is 1.21 bits per heavy atom. The largest absolute Gasteiger partial charge is 0.348 e. The number of hydrogen-bond donors (Lipinski definition) is 0. The third kappa shape index (κ3) is 3.71. The molecule has 0 bridgehead atoms. The summed E-state index contributed by atoms with van der Waals surface area (Å²) in [6.07, 6.45) is 7.86. The van der Waals surface area contributed by atoms with Gasteiger partial charge in [-0.25, -0.2) is 4.98 Å². The summed E-state index contributed by atoms with van der Waals surface area (Å²) in [7, 11) is 0. The van der Waals surface area contributed by atoms with E-state index in [0.717, 1.165) is 68.6 Å². The number of carbonyl (C=O) groups excluding carboxylic acids is 1. The predicted molar refractivity (Wildman–Crippen MR) is 116 cm³/mol. The monoisotopic (exact) mass is 392 g/mol. The zero-order valence-corrected chi connectivity index (χ0v) is 17.2. The highest BCUT2D eigenvalue weighted by atomic mass is 16.1. The van der Waals surface area contributed by atoms with E-state index in [-0.39, 0.29) is 11.6 Å². The summed E-state index contributed by atoms with van der Waals surface area (Å²) in [6.45, 7) is 5.80. The molecule has 1 aliphatic heterocycles. The van der Waals surface area contributed by atoms with Crippen LogP contribution in [0.1, 0.15) is 44.6 Å². The van der Waals surface area contributed by atoms with Crippen LogP contribution >= 0.6 is 0 Å². The Hall–Kier alpha value is -2.89. The molecule has 1 aliphatic rings. The molecule has 1 aromatic carbocycles. The summed E-state index contributed by atoms with van der Waals surface area (Å²) in [5, 5.41) is 0. The predicted octanol–water partition coefficient (Wildman–Crippen LogP) is 3.83. The number of aldehydes is 1. The lowest BCUT2D eigenvalue weighted by Gasteiger charge is -2.26. The van der Waals surface area contributed by atoms with Crippen LogP contribution in [-0.2, 0) is 11.3 Å². The summed E-state index contributed by atoms with van der Waals surface area (Å²) in [6, 6.07) is 9.68. The van der Waals surface area contributed by atoms with Gasteiger partial charge in [0.15, 0.2) is 0 Å². The highest BCUT2D eigenvalue weighted by Gasteiger charge is 2.27. The smallest absolute Gasteiger partial charge is 0.261 e. The normalized spacial score (nSPS) is 16.6. The van der Waals surface area contributed by atoms with Crippen LogP contribution in [0.3, 0.4) is 0 Å². The van der Waals surface area contributed by atoms with Crippen molar-refractivity contribution in [2.45, 2.75) is 58.5 Å². The summed E-state index contributed by atoms with van der Waals surface area (Å²) >= 11 is 0. The lowest BCUT2D eigenvalue weighted by Crippen LogP contribution is -2.35. The number of anilines is 1. The number of aromatic nitrogens is 3. The van der Waals surface area contributed by atoms with E-state index in [9.17, 15) is 9.59 Å². The van der Waals surface area contributed by atoms with Gasteiger partial charge in [0.25, 0.3) is 5.56 Å². The molecule has 0 N–H and O–H groups in total. The van der Waals surface area contributed by atoms with Crippen LogP contribution in [0.25, 0.3) is 17.0 Å². The quantitative estimate of drug-likeness (QED) is 0.453.